The maximum atomic E-state index is 5.97. The van der Waals surface area contributed by atoms with Crippen molar-refractivity contribution in [1.82, 2.24) is 9.97 Å². The highest BCUT2D eigenvalue weighted by molar-refractivity contribution is 6.42. The van der Waals surface area contributed by atoms with Gasteiger partial charge in [-0.2, -0.15) is 0 Å². The first kappa shape index (κ1) is 12.1. The second-order valence-corrected chi connectivity index (χ2v) is 4.39. The molecule has 88 valence electrons. The summed E-state index contributed by atoms with van der Waals surface area (Å²) in [6.45, 7) is 1.98. The Morgan fingerprint density at radius 1 is 1.12 bits per heavy atom. The molecule has 0 fully saturated rings. The first-order chi connectivity index (χ1) is 8.10. The molecule has 2 N–H and O–H groups in total. The van der Waals surface area contributed by atoms with Crippen molar-refractivity contribution in [2.24, 2.45) is 0 Å². The van der Waals surface area contributed by atoms with Crippen LogP contribution in [0.15, 0.2) is 24.3 Å². The average Bonchev–Trinajstić information content (AvgIpc) is 2.32. The summed E-state index contributed by atoms with van der Waals surface area (Å²) >= 11 is 11.8. The van der Waals surface area contributed by atoms with Crippen molar-refractivity contribution in [3.8, 4) is 11.3 Å². The minimum absolute atomic E-state index is 0.456. The van der Waals surface area contributed by atoms with Crippen LogP contribution in [0.5, 0.6) is 0 Å². The highest BCUT2D eigenvalue weighted by Crippen LogP contribution is 2.28. The monoisotopic (exact) mass is 267 g/mol. The van der Waals surface area contributed by atoms with Crippen molar-refractivity contribution in [1.29, 1.82) is 0 Å². The Morgan fingerprint density at radius 2 is 1.88 bits per heavy atom. The molecule has 0 bridgehead atoms. The van der Waals surface area contributed by atoms with E-state index >= 15 is 0 Å². The van der Waals surface area contributed by atoms with E-state index in [1.54, 1.807) is 18.2 Å². The minimum atomic E-state index is 0.456. The van der Waals surface area contributed by atoms with Crippen LogP contribution in [-0.4, -0.2) is 9.97 Å². The van der Waals surface area contributed by atoms with Gasteiger partial charge in [0.25, 0.3) is 0 Å². The van der Waals surface area contributed by atoms with Crippen molar-refractivity contribution in [3.63, 3.8) is 0 Å². The van der Waals surface area contributed by atoms with Crippen LogP contribution >= 0.6 is 23.2 Å². The molecule has 5 heteroatoms. The topological polar surface area (TPSA) is 51.8 Å². The van der Waals surface area contributed by atoms with E-state index in [2.05, 4.69) is 9.97 Å². The van der Waals surface area contributed by atoms with Crippen LogP contribution in [0.2, 0.25) is 10.0 Å². The molecule has 0 aliphatic rings. The number of anilines is 1. The summed E-state index contributed by atoms with van der Waals surface area (Å²) in [5.41, 5.74) is 7.37. The Kier molecular flexibility index (Phi) is 3.50. The zero-order valence-corrected chi connectivity index (χ0v) is 10.8. The molecule has 0 saturated heterocycles. The van der Waals surface area contributed by atoms with Gasteiger partial charge in [-0.15, -0.1) is 0 Å². The third-order valence-corrected chi connectivity index (χ3v) is 3.06. The summed E-state index contributed by atoms with van der Waals surface area (Å²) < 4.78 is 0. The smallest absolute Gasteiger partial charge is 0.131 e. The lowest BCUT2D eigenvalue weighted by Gasteiger charge is -2.05. The van der Waals surface area contributed by atoms with Gasteiger partial charge < -0.3 is 5.73 Å². The molecule has 3 nitrogen and oxygen atoms in total. The second-order valence-electron chi connectivity index (χ2n) is 3.58. The third kappa shape index (κ3) is 2.68. The van der Waals surface area contributed by atoms with E-state index in [-0.39, 0.29) is 0 Å². The van der Waals surface area contributed by atoms with Crippen molar-refractivity contribution in [3.05, 3.63) is 40.1 Å². The third-order valence-electron chi connectivity index (χ3n) is 2.32. The second kappa shape index (κ2) is 4.90. The highest BCUT2D eigenvalue weighted by atomic mass is 35.5. The molecule has 0 amide bonds. The van der Waals surface area contributed by atoms with E-state index in [1.165, 1.54) is 0 Å². The first-order valence-electron chi connectivity index (χ1n) is 5.19. The standard InChI is InChI=1S/C12H11Cl2N3/c1-2-12-16-10(6-11(15)17-12)7-3-4-8(13)9(14)5-7/h3-6H,2H2,1H3,(H2,15,16,17). The Morgan fingerprint density at radius 3 is 2.53 bits per heavy atom. The number of aryl methyl sites for hydroxylation is 1. The predicted molar refractivity (Wildman–Crippen MR) is 71.3 cm³/mol. The number of nitrogens with two attached hydrogens (primary N) is 1. The number of hydrogen-bond acceptors (Lipinski definition) is 3. The van der Waals surface area contributed by atoms with Crippen LogP contribution in [0.1, 0.15) is 12.7 Å². The van der Waals surface area contributed by atoms with Crippen molar-refractivity contribution in [2.45, 2.75) is 13.3 Å². The zero-order chi connectivity index (χ0) is 12.4. The highest BCUT2D eigenvalue weighted by Gasteiger charge is 2.06. The number of rotatable bonds is 2. The number of benzene rings is 1. The van der Waals surface area contributed by atoms with Crippen LogP contribution in [0.4, 0.5) is 5.82 Å². The van der Waals surface area contributed by atoms with Crippen molar-refractivity contribution in [2.75, 3.05) is 5.73 Å². The van der Waals surface area contributed by atoms with E-state index in [1.807, 2.05) is 13.0 Å². The quantitative estimate of drug-likeness (QED) is 0.905. The fourth-order valence-corrected chi connectivity index (χ4v) is 1.78. The number of nitrogen functional groups attached to an aromatic ring is 1. The molecule has 0 radical (unpaired) electrons. The van der Waals surface area contributed by atoms with Gasteiger partial charge in [0.15, 0.2) is 0 Å². The normalized spacial score (nSPS) is 10.5. The van der Waals surface area contributed by atoms with Gasteiger partial charge in [0, 0.05) is 18.1 Å². The van der Waals surface area contributed by atoms with E-state index < -0.39 is 0 Å². The average molecular weight is 268 g/mol. The molecule has 17 heavy (non-hydrogen) atoms. The largest absolute Gasteiger partial charge is 0.384 e. The van der Waals surface area contributed by atoms with E-state index in [4.69, 9.17) is 28.9 Å². The summed E-state index contributed by atoms with van der Waals surface area (Å²) in [5, 5.41) is 1.02. The molecule has 0 spiro atoms. The molecule has 0 aliphatic heterocycles. The summed E-state index contributed by atoms with van der Waals surface area (Å²) in [6.07, 6.45) is 0.735. The Bertz CT molecular complexity index is 555. The first-order valence-corrected chi connectivity index (χ1v) is 5.94. The molecule has 1 heterocycles. The van der Waals surface area contributed by atoms with E-state index in [0.29, 0.717) is 21.7 Å². The Hall–Kier alpha value is -1.32. The maximum Gasteiger partial charge on any atom is 0.131 e. The molecule has 0 saturated carbocycles. The Labute approximate surface area is 110 Å². The zero-order valence-electron chi connectivity index (χ0n) is 9.24. The van der Waals surface area contributed by atoms with Crippen LogP contribution in [0.25, 0.3) is 11.3 Å². The van der Waals surface area contributed by atoms with Gasteiger partial charge in [-0.05, 0) is 12.1 Å². The van der Waals surface area contributed by atoms with Gasteiger partial charge in [0.05, 0.1) is 15.7 Å². The molecule has 1 aromatic carbocycles. The summed E-state index contributed by atoms with van der Waals surface area (Å²) in [6, 6.07) is 7.09. The van der Waals surface area contributed by atoms with Crippen molar-refractivity contribution < 1.29 is 0 Å². The van der Waals surface area contributed by atoms with Gasteiger partial charge >= 0.3 is 0 Å². The lowest BCUT2D eigenvalue weighted by Crippen LogP contribution is -2.00. The molecule has 0 atom stereocenters. The predicted octanol–water partition coefficient (Wildman–Crippen LogP) is 3.60. The summed E-state index contributed by atoms with van der Waals surface area (Å²) in [4.78, 5) is 8.53. The van der Waals surface area contributed by atoms with Crippen LogP contribution in [0.3, 0.4) is 0 Å². The van der Waals surface area contributed by atoms with Gasteiger partial charge in [0.1, 0.15) is 11.6 Å². The van der Waals surface area contributed by atoms with Crippen LogP contribution < -0.4 is 5.73 Å². The SMILES string of the molecule is CCc1nc(N)cc(-c2ccc(Cl)c(Cl)c2)n1. The number of nitrogens with zero attached hydrogens (tertiary/aromatic N) is 2. The molecular formula is C12H11Cl2N3. The van der Waals surface area contributed by atoms with Gasteiger partial charge in [0.2, 0.25) is 0 Å². The van der Waals surface area contributed by atoms with Gasteiger partial charge in [-0.25, -0.2) is 9.97 Å². The lowest BCUT2D eigenvalue weighted by atomic mass is 10.1. The van der Waals surface area contributed by atoms with Crippen LogP contribution in [0, 0.1) is 0 Å². The number of aromatic nitrogens is 2. The Balaban J connectivity index is 2.52. The molecule has 2 aromatic rings. The summed E-state index contributed by atoms with van der Waals surface area (Å²) in [7, 11) is 0. The molecular weight excluding hydrogens is 257 g/mol. The number of hydrogen-bond donors (Lipinski definition) is 1. The van der Waals surface area contributed by atoms with Gasteiger partial charge in [-0.1, -0.05) is 36.2 Å². The van der Waals surface area contributed by atoms with Crippen LogP contribution in [-0.2, 0) is 6.42 Å². The maximum absolute atomic E-state index is 5.97. The fraction of sp³-hybridized carbons (Fsp3) is 0.167. The lowest BCUT2D eigenvalue weighted by molar-refractivity contribution is 0.949. The molecule has 1 aromatic heterocycles. The van der Waals surface area contributed by atoms with E-state index in [0.717, 1.165) is 17.7 Å². The molecule has 2 rings (SSSR count). The number of halogens is 2. The molecule has 0 aliphatic carbocycles. The molecule has 0 unspecified atom stereocenters. The minimum Gasteiger partial charge on any atom is -0.384 e. The van der Waals surface area contributed by atoms with E-state index in [9.17, 15) is 0 Å². The van der Waals surface area contributed by atoms with Gasteiger partial charge in [-0.3, -0.25) is 0 Å². The van der Waals surface area contributed by atoms with Crippen molar-refractivity contribution >= 4 is 29.0 Å². The fourth-order valence-electron chi connectivity index (χ4n) is 1.48. The summed E-state index contributed by atoms with van der Waals surface area (Å²) in [5.74, 6) is 1.17.